The number of pyridine rings is 1. The van der Waals surface area contributed by atoms with E-state index in [9.17, 15) is 4.79 Å². The molecule has 3 aromatic heterocycles. The Morgan fingerprint density at radius 1 is 1.18 bits per heavy atom. The summed E-state index contributed by atoms with van der Waals surface area (Å²) in [4.78, 5) is 24.6. The van der Waals surface area contributed by atoms with Gasteiger partial charge in [0.15, 0.2) is 5.82 Å². The van der Waals surface area contributed by atoms with E-state index in [1.54, 1.807) is 19.1 Å². The van der Waals surface area contributed by atoms with Crippen LogP contribution in [0.15, 0.2) is 49.1 Å². The summed E-state index contributed by atoms with van der Waals surface area (Å²) in [6.45, 7) is 1.80. The fourth-order valence-electron chi connectivity index (χ4n) is 1.87. The number of rotatable bonds is 3. The lowest BCUT2D eigenvalue weighted by molar-refractivity contribution is 0.102. The first-order valence-electron chi connectivity index (χ1n) is 6.63. The van der Waals surface area contributed by atoms with Crippen molar-refractivity contribution in [2.24, 2.45) is 0 Å². The van der Waals surface area contributed by atoms with Crippen LogP contribution in [0.25, 0.3) is 5.82 Å². The van der Waals surface area contributed by atoms with E-state index < -0.39 is 5.91 Å². The lowest BCUT2D eigenvalue weighted by Gasteiger charge is -2.09. The van der Waals surface area contributed by atoms with E-state index in [-0.39, 0.29) is 5.69 Å². The molecule has 0 saturated heterocycles. The van der Waals surface area contributed by atoms with Gasteiger partial charge >= 0.3 is 0 Å². The minimum Gasteiger partial charge on any atom is -0.396 e. The maximum Gasteiger partial charge on any atom is 0.277 e. The third kappa shape index (κ3) is 2.78. The van der Waals surface area contributed by atoms with Crippen LogP contribution in [0, 0.1) is 6.92 Å². The zero-order valence-electron chi connectivity index (χ0n) is 11.9. The van der Waals surface area contributed by atoms with Crippen molar-refractivity contribution in [2.75, 3.05) is 11.1 Å². The van der Waals surface area contributed by atoms with E-state index in [2.05, 4.69) is 20.3 Å². The van der Waals surface area contributed by atoms with Crippen LogP contribution in [-0.2, 0) is 0 Å². The van der Waals surface area contributed by atoms with E-state index in [4.69, 9.17) is 5.73 Å². The summed E-state index contributed by atoms with van der Waals surface area (Å²) in [6, 6.07) is 7.24. The highest BCUT2D eigenvalue weighted by Crippen LogP contribution is 2.18. The van der Waals surface area contributed by atoms with Gasteiger partial charge in [0.1, 0.15) is 11.5 Å². The fourth-order valence-corrected chi connectivity index (χ4v) is 1.87. The van der Waals surface area contributed by atoms with Crippen LogP contribution in [0.4, 0.5) is 11.5 Å². The lowest BCUT2D eigenvalue weighted by atomic mass is 10.3. The molecule has 22 heavy (non-hydrogen) atoms. The highest BCUT2D eigenvalue weighted by Gasteiger charge is 2.12. The van der Waals surface area contributed by atoms with Crippen molar-refractivity contribution in [3.63, 3.8) is 0 Å². The Labute approximate surface area is 126 Å². The first kappa shape index (κ1) is 13.7. The number of nitrogen functional groups attached to an aromatic ring is 1. The number of carbonyl (C=O) groups is 1. The second-order valence-corrected chi connectivity index (χ2v) is 4.69. The summed E-state index contributed by atoms with van der Waals surface area (Å²) in [5, 5.41) is 2.66. The fraction of sp³-hybridized carbons (Fsp3) is 0.0667. The molecule has 1 amide bonds. The Bertz CT molecular complexity index is 795. The standard InChI is InChI=1S/C15H14N6O/c1-10-8-18-12(9-17-10)15(22)20-14-11(16)4-5-13(19-14)21-6-2-3-7-21/h2-9H,16H2,1H3,(H,19,20,22). The number of hydrogen-bond donors (Lipinski definition) is 2. The number of hydrogen-bond acceptors (Lipinski definition) is 5. The number of amides is 1. The average molecular weight is 294 g/mol. The van der Waals surface area contributed by atoms with Crippen LogP contribution in [-0.4, -0.2) is 25.4 Å². The Morgan fingerprint density at radius 3 is 2.64 bits per heavy atom. The summed E-state index contributed by atoms with van der Waals surface area (Å²) in [5.41, 5.74) is 7.20. The van der Waals surface area contributed by atoms with Crippen molar-refractivity contribution in [1.29, 1.82) is 0 Å². The summed E-state index contributed by atoms with van der Waals surface area (Å²) < 4.78 is 1.82. The number of anilines is 2. The van der Waals surface area contributed by atoms with Crippen molar-refractivity contribution in [1.82, 2.24) is 19.5 Å². The van der Waals surface area contributed by atoms with Gasteiger partial charge in [0.25, 0.3) is 5.91 Å². The van der Waals surface area contributed by atoms with Gasteiger partial charge in [-0.1, -0.05) is 0 Å². The predicted octanol–water partition coefficient (Wildman–Crippen LogP) is 1.81. The van der Waals surface area contributed by atoms with Gasteiger partial charge in [-0.2, -0.15) is 0 Å². The zero-order chi connectivity index (χ0) is 15.5. The summed E-state index contributed by atoms with van der Waals surface area (Å²) in [6.07, 6.45) is 6.66. The van der Waals surface area contributed by atoms with Crippen LogP contribution in [0.1, 0.15) is 16.2 Å². The number of carbonyl (C=O) groups excluding carboxylic acids is 1. The normalized spacial score (nSPS) is 10.4. The molecule has 7 nitrogen and oxygen atoms in total. The smallest absolute Gasteiger partial charge is 0.277 e. The Hall–Kier alpha value is -3.22. The molecular formula is C15H14N6O. The second kappa shape index (κ2) is 5.65. The molecule has 0 saturated carbocycles. The average Bonchev–Trinajstić information content (AvgIpc) is 3.04. The third-order valence-corrected chi connectivity index (χ3v) is 3.03. The molecule has 0 atom stereocenters. The Morgan fingerprint density at radius 2 is 1.95 bits per heavy atom. The van der Waals surface area contributed by atoms with Crippen LogP contribution < -0.4 is 11.1 Å². The molecule has 0 aliphatic heterocycles. The highest BCUT2D eigenvalue weighted by molar-refractivity contribution is 6.03. The van der Waals surface area contributed by atoms with Crippen molar-refractivity contribution in [3.05, 3.63) is 60.4 Å². The van der Waals surface area contributed by atoms with Gasteiger partial charge in [-0.15, -0.1) is 0 Å². The van der Waals surface area contributed by atoms with Crippen LogP contribution in [0.2, 0.25) is 0 Å². The number of aromatic nitrogens is 4. The molecule has 0 spiro atoms. The van der Waals surface area contributed by atoms with Gasteiger partial charge in [0.05, 0.1) is 17.6 Å². The lowest BCUT2D eigenvalue weighted by Crippen LogP contribution is -2.16. The zero-order valence-corrected chi connectivity index (χ0v) is 11.9. The van der Waals surface area contributed by atoms with E-state index in [1.807, 2.05) is 29.1 Å². The van der Waals surface area contributed by atoms with Gasteiger partial charge in [0.2, 0.25) is 0 Å². The van der Waals surface area contributed by atoms with Crippen LogP contribution in [0.3, 0.4) is 0 Å². The number of aryl methyl sites for hydroxylation is 1. The number of nitrogens with zero attached hydrogens (tertiary/aromatic N) is 4. The molecule has 0 radical (unpaired) electrons. The summed E-state index contributed by atoms with van der Waals surface area (Å²) in [5.74, 6) is 0.541. The van der Waals surface area contributed by atoms with Gasteiger partial charge < -0.3 is 15.6 Å². The molecule has 7 heteroatoms. The second-order valence-electron chi connectivity index (χ2n) is 4.69. The molecule has 3 heterocycles. The van der Waals surface area contributed by atoms with Crippen molar-refractivity contribution < 1.29 is 4.79 Å². The van der Waals surface area contributed by atoms with Gasteiger partial charge in [-0.05, 0) is 31.2 Å². The number of nitrogens with two attached hydrogens (primary N) is 1. The van der Waals surface area contributed by atoms with E-state index in [1.165, 1.54) is 12.4 Å². The van der Waals surface area contributed by atoms with Crippen molar-refractivity contribution in [3.8, 4) is 5.82 Å². The highest BCUT2D eigenvalue weighted by atomic mass is 16.1. The molecule has 0 fully saturated rings. The quantitative estimate of drug-likeness (QED) is 0.767. The van der Waals surface area contributed by atoms with Gasteiger partial charge in [0, 0.05) is 18.6 Å². The molecule has 3 rings (SSSR count). The molecule has 3 aromatic rings. The monoisotopic (exact) mass is 294 g/mol. The van der Waals surface area contributed by atoms with Crippen molar-refractivity contribution >= 4 is 17.4 Å². The maximum atomic E-state index is 12.2. The Kier molecular flexibility index (Phi) is 3.53. The molecule has 0 aromatic carbocycles. The third-order valence-electron chi connectivity index (χ3n) is 3.03. The minimum atomic E-state index is -0.406. The molecule has 3 N–H and O–H groups in total. The summed E-state index contributed by atoms with van der Waals surface area (Å²) in [7, 11) is 0. The molecule has 0 aliphatic rings. The first-order valence-corrected chi connectivity index (χ1v) is 6.63. The molecular weight excluding hydrogens is 280 g/mol. The van der Waals surface area contributed by atoms with E-state index >= 15 is 0 Å². The predicted molar refractivity (Wildman–Crippen MR) is 82.7 cm³/mol. The SMILES string of the molecule is Cc1cnc(C(=O)Nc2nc(-n3cccc3)ccc2N)cn1. The van der Waals surface area contributed by atoms with Crippen molar-refractivity contribution in [2.45, 2.75) is 6.92 Å². The largest absolute Gasteiger partial charge is 0.396 e. The summed E-state index contributed by atoms with van der Waals surface area (Å²) >= 11 is 0. The van der Waals surface area contributed by atoms with Crippen LogP contribution >= 0.6 is 0 Å². The molecule has 0 aliphatic carbocycles. The molecule has 0 unspecified atom stereocenters. The molecule has 0 bridgehead atoms. The van der Waals surface area contributed by atoms with Gasteiger partial charge in [-0.3, -0.25) is 9.78 Å². The maximum absolute atomic E-state index is 12.2. The number of nitrogens with one attached hydrogen (secondary N) is 1. The van der Waals surface area contributed by atoms with E-state index in [0.29, 0.717) is 17.3 Å². The molecule has 110 valence electrons. The minimum absolute atomic E-state index is 0.207. The van der Waals surface area contributed by atoms with E-state index in [0.717, 1.165) is 5.69 Å². The topological polar surface area (TPSA) is 98.7 Å². The van der Waals surface area contributed by atoms with Gasteiger partial charge in [-0.25, -0.2) is 9.97 Å². The van der Waals surface area contributed by atoms with Crippen LogP contribution in [0.5, 0.6) is 0 Å². The Balaban J connectivity index is 1.87. The first-order chi connectivity index (χ1) is 10.6.